The van der Waals surface area contributed by atoms with Crippen LogP contribution in [0.15, 0.2) is 47.5 Å². The summed E-state index contributed by atoms with van der Waals surface area (Å²) in [5.74, 6) is 3.97. The number of nitrogens with one attached hydrogen (secondary N) is 2. The van der Waals surface area contributed by atoms with Gasteiger partial charge in [0.2, 0.25) is 0 Å². The molecular formula is C23H31N3O3. The molecule has 1 aliphatic carbocycles. The van der Waals surface area contributed by atoms with Crippen molar-refractivity contribution >= 4 is 5.96 Å². The van der Waals surface area contributed by atoms with E-state index in [1.54, 1.807) is 21.3 Å². The number of hydrogen-bond donors (Lipinski definition) is 2. The molecule has 1 aliphatic rings. The average Bonchev–Trinajstić information content (AvgIpc) is 3.59. The smallest absolute Gasteiger partial charge is 0.191 e. The third-order valence-electron chi connectivity index (χ3n) is 5.07. The molecule has 1 unspecified atom stereocenters. The number of aliphatic imine (C=N–C) groups is 1. The molecule has 29 heavy (non-hydrogen) atoms. The molecule has 2 aromatic carbocycles. The molecule has 6 nitrogen and oxygen atoms in total. The highest BCUT2D eigenvalue weighted by molar-refractivity contribution is 5.80. The Morgan fingerprint density at radius 1 is 1.10 bits per heavy atom. The second-order valence-corrected chi connectivity index (χ2v) is 7.26. The van der Waals surface area contributed by atoms with E-state index in [4.69, 9.17) is 14.2 Å². The highest BCUT2D eigenvalue weighted by Gasteiger charge is 2.22. The number of ether oxygens (including phenoxy) is 3. The summed E-state index contributed by atoms with van der Waals surface area (Å²) in [6.45, 7) is 3.50. The molecule has 6 heteroatoms. The van der Waals surface area contributed by atoms with Gasteiger partial charge in [-0.05, 0) is 49.9 Å². The van der Waals surface area contributed by atoms with E-state index in [1.165, 1.54) is 12.8 Å². The van der Waals surface area contributed by atoms with Crippen molar-refractivity contribution in [2.75, 3.05) is 27.9 Å². The van der Waals surface area contributed by atoms with Crippen LogP contribution in [0.4, 0.5) is 0 Å². The first-order valence-corrected chi connectivity index (χ1v) is 10.0. The lowest BCUT2D eigenvalue weighted by Crippen LogP contribution is -2.38. The summed E-state index contributed by atoms with van der Waals surface area (Å²) in [6.07, 6.45) is 2.56. The molecule has 0 aliphatic heterocycles. The van der Waals surface area contributed by atoms with Gasteiger partial charge in [0.05, 0.1) is 26.9 Å². The van der Waals surface area contributed by atoms with E-state index >= 15 is 0 Å². The Balaban J connectivity index is 1.62. The minimum absolute atomic E-state index is 0.0207. The van der Waals surface area contributed by atoms with Crippen molar-refractivity contribution in [1.29, 1.82) is 0 Å². The van der Waals surface area contributed by atoms with Gasteiger partial charge in [-0.15, -0.1) is 0 Å². The normalized spacial score (nSPS) is 14.8. The van der Waals surface area contributed by atoms with Gasteiger partial charge in [-0.3, -0.25) is 4.99 Å². The number of rotatable bonds is 9. The Kier molecular flexibility index (Phi) is 7.22. The fourth-order valence-electron chi connectivity index (χ4n) is 3.12. The van der Waals surface area contributed by atoms with Crippen molar-refractivity contribution in [3.05, 3.63) is 53.6 Å². The predicted octanol–water partition coefficient (Wildman–Crippen LogP) is 3.92. The second kappa shape index (κ2) is 10.0. The maximum Gasteiger partial charge on any atom is 0.191 e. The van der Waals surface area contributed by atoms with Gasteiger partial charge in [-0.25, -0.2) is 0 Å². The summed E-state index contributed by atoms with van der Waals surface area (Å²) in [6, 6.07) is 13.9. The average molecular weight is 398 g/mol. The summed E-state index contributed by atoms with van der Waals surface area (Å²) in [7, 11) is 5.09. The molecule has 0 aromatic heterocycles. The van der Waals surface area contributed by atoms with Crippen LogP contribution in [0.5, 0.6) is 17.2 Å². The molecule has 0 saturated heterocycles. The highest BCUT2D eigenvalue weighted by atomic mass is 16.5. The third-order valence-corrected chi connectivity index (χ3v) is 5.07. The van der Waals surface area contributed by atoms with Gasteiger partial charge in [0.1, 0.15) is 17.2 Å². The lowest BCUT2D eigenvalue weighted by atomic mass is 10.1. The van der Waals surface area contributed by atoms with E-state index < -0.39 is 0 Å². The van der Waals surface area contributed by atoms with Crippen LogP contribution in [-0.2, 0) is 6.54 Å². The molecule has 0 bridgehead atoms. The summed E-state index contributed by atoms with van der Waals surface area (Å²) >= 11 is 0. The monoisotopic (exact) mass is 397 g/mol. The van der Waals surface area contributed by atoms with E-state index in [-0.39, 0.29) is 6.04 Å². The van der Waals surface area contributed by atoms with Gasteiger partial charge in [-0.1, -0.05) is 18.2 Å². The van der Waals surface area contributed by atoms with Crippen LogP contribution < -0.4 is 24.8 Å². The number of methoxy groups -OCH3 is 2. The molecule has 1 saturated carbocycles. The zero-order valence-corrected chi connectivity index (χ0v) is 17.7. The minimum atomic E-state index is -0.0207. The quantitative estimate of drug-likeness (QED) is 0.496. The second-order valence-electron chi connectivity index (χ2n) is 7.26. The van der Waals surface area contributed by atoms with Crippen LogP contribution in [0, 0.1) is 5.92 Å². The van der Waals surface area contributed by atoms with E-state index in [2.05, 4.69) is 28.6 Å². The maximum atomic E-state index is 6.00. The first-order valence-electron chi connectivity index (χ1n) is 10.0. The van der Waals surface area contributed by atoms with Gasteiger partial charge < -0.3 is 24.8 Å². The van der Waals surface area contributed by atoms with E-state index in [0.29, 0.717) is 12.5 Å². The molecule has 0 heterocycles. The van der Waals surface area contributed by atoms with Gasteiger partial charge in [0, 0.05) is 24.7 Å². The minimum Gasteiger partial charge on any atom is -0.497 e. The number of nitrogens with zero attached hydrogens (tertiary/aromatic N) is 1. The molecule has 1 atom stereocenters. The van der Waals surface area contributed by atoms with E-state index in [9.17, 15) is 0 Å². The molecular weight excluding hydrogens is 366 g/mol. The van der Waals surface area contributed by atoms with Crippen molar-refractivity contribution in [2.45, 2.75) is 32.4 Å². The first-order chi connectivity index (χ1) is 14.1. The molecule has 0 radical (unpaired) electrons. The van der Waals surface area contributed by atoms with Gasteiger partial charge in [0.15, 0.2) is 5.96 Å². The lowest BCUT2D eigenvalue weighted by Gasteiger charge is -2.21. The van der Waals surface area contributed by atoms with Gasteiger partial charge in [0.25, 0.3) is 0 Å². The molecule has 0 amide bonds. The first kappa shape index (κ1) is 20.8. The number of hydrogen-bond acceptors (Lipinski definition) is 4. The zero-order chi connectivity index (χ0) is 20.6. The predicted molar refractivity (Wildman–Crippen MR) is 116 cm³/mol. The van der Waals surface area contributed by atoms with Crippen LogP contribution >= 0.6 is 0 Å². The van der Waals surface area contributed by atoms with Crippen LogP contribution in [0.2, 0.25) is 0 Å². The summed E-state index contributed by atoms with van der Waals surface area (Å²) in [4.78, 5) is 4.36. The Morgan fingerprint density at radius 3 is 2.59 bits per heavy atom. The van der Waals surface area contributed by atoms with Gasteiger partial charge >= 0.3 is 0 Å². The number of para-hydroxylation sites is 1. The van der Waals surface area contributed by atoms with Crippen LogP contribution in [0.3, 0.4) is 0 Å². The topological polar surface area (TPSA) is 64.1 Å². The van der Waals surface area contributed by atoms with Crippen LogP contribution in [0.1, 0.15) is 36.9 Å². The molecule has 1 fully saturated rings. The SMILES string of the molecule is CN=C(NCc1ccccc1OCC1CC1)NC(C)c1cc(OC)ccc1OC. The zero-order valence-electron chi connectivity index (χ0n) is 17.7. The Labute approximate surface area is 173 Å². The van der Waals surface area contributed by atoms with Crippen molar-refractivity contribution in [1.82, 2.24) is 10.6 Å². The third kappa shape index (κ3) is 5.79. The molecule has 3 rings (SSSR count). The largest absolute Gasteiger partial charge is 0.497 e. The molecule has 0 spiro atoms. The van der Waals surface area contributed by atoms with Crippen molar-refractivity contribution in [3.63, 3.8) is 0 Å². The maximum absolute atomic E-state index is 6.00. The molecule has 156 valence electrons. The molecule has 2 N–H and O–H groups in total. The number of guanidine groups is 1. The summed E-state index contributed by atoms with van der Waals surface area (Å²) in [5.41, 5.74) is 2.12. The van der Waals surface area contributed by atoms with Crippen LogP contribution in [0.25, 0.3) is 0 Å². The number of benzene rings is 2. The fourth-order valence-corrected chi connectivity index (χ4v) is 3.12. The Hall–Kier alpha value is -2.89. The van der Waals surface area contributed by atoms with Gasteiger partial charge in [-0.2, -0.15) is 0 Å². The van der Waals surface area contributed by atoms with Crippen molar-refractivity contribution in [2.24, 2.45) is 10.9 Å². The van der Waals surface area contributed by atoms with E-state index in [1.807, 2.05) is 36.4 Å². The van der Waals surface area contributed by atoms with Crippen molar-refractivity contribution < 1.29 is 14.2 Å². The Bertz CT molecular complexity index is 834. The lowest BCUT2D eigenvalue weighted by molar-refractivity contribution is 0.296. The Morgan fingerprint density at radius 2 is 1.90 bits per heavy atom. The standard InChI is InChI=1S/C23H31N3O3/c1-16(20-13-19(27-3)11-12-22(20)28-4)26-23(24-2)25-14-18-7-5-6-8-21(18)29-15-17-9-10-17/h5-8,11-13,16-17H,9-10,14-15H2,1-4H3,(H2,24,25,26). The highest BCUT2D eigenvalue weighted by Crippen LogP contribution is 2.31. The summed E-state index contributed by atoms with van der Waals surface area (Å²) in [5, 5.41) is 6.80. The molecule has 2 aromatic rings. The fraction of sp³-hybridized carbons (Fsp3) is 0.435. The van der Waals surface area contributed by atoms with Crippen LogP contribution in [-0.4, -0.2) is 33.8 Å². The van der Waals surface area contributed by atoms with Crippen molar-refractivity contribution in [3.8, 4) is 17.2 Å². The summed E-state index contributed by atoms with van der Waals surface area (Å²) < 4.78 is 16.9. The van der Waals surface area contributed by atoms with E-state index in [0.717, 1.165) is 40.9 Å².